The van der Waals surface area contributed by atoms with Crippen molar-refractivity contribution in [2.75, 3.05) is 0 Å². The molecule has 0 aliphatic carbocycles. The van der Waals surface area contributed by atoms with E-state index in [0.29, 0.717) is 12.8 Å². The van der Waals surface area contributed by atoms with Crippen molar-refractivity contribution in [1.82, 2.24) is 4.31 Å². The fourth-order valence-corrected chi connectivity index (χ4v) is 4.15. The lowest BCUT2D eigenvalue weighted by Gasteiger charge is -2.49. The van der Waals surface area contributed by atoms with Crippen LogP contribution < -0.4 is 0 Å². The van der Waals surface area contributed by atoms with Gasteiger partial charge in [-0.1, -0.05) is 37.3 Å². The van der Waals surface area contributed by atoms with Crippen LogP contribution >= 0.6 is 10.7 Å². The van der Waals surface area contributed by atoms with Crippen LogP contribution in [0.2, 0.25) is 0 Å². The van der Waals surface area contributed by atoms with E-state index < -0.39 is 20.7 Å². The molecule has 2 rings (SSSR count). The van der Waals surface area contributed by atoms with E-state index in [4.69, 9.17) is 10.7 Å². The van der Waals surface area contributed by atoms with Crippen molar-refractivity contribution in [3.8, 4) is 0 Å². The molecular formula is C12H14ClNO3S. The van der Waals surface area contributed by atoms with Gasteiger partial charge in [-0.05, 0) is 18.4 Å². The number of carbonyl (C=O) groups is 1. The van der Waals surface area contributed by atoms with Crippen LogP contribution in [0.3, 0.4) is 0 Å². The number of hydrogen-bond acceptors (Lipinski definition) is 3. The molecule has 18 heavy (non-hydrogen) atoms. The molecule has 1 aliphatic rings. The minimum atomic E-state index is -4.00. The molecule has 0 saturated carbocycles. The van der Waals surface area contributed by atoms with Crippen LogP contribution in [0.4, 0.5) is 0 Å². The van der Waals surface area contributed by atoms with Gasteiger partial charge >= 0.3 is 9.24 Å². The Morgan fingerprint density at radius 3 is 2.39 bits per heavy atom. The molecule has 1 saturated heterocycles. The summed E-state index contributed by atoms with van der Waals surface area (Å²) in [4.78, 5) is 11.5. The summed E-state index contributed by atoms with van der Waals surface area (Å²) in [5.74, 6) is -0.428. The molecule has 1 unspecified atom stereocenters. The van der Waals surface area contributed by atoms with E-state index in [1.54, 1.807) is 0 Å². The molecule has 4 nitrogen and oxygen atoms in total. The number of benzene rings is 1. The molecule has 0 bridgehead atoms. The van der Waals surface area contributed by atoms with Gasteiger partial charge in [0, 0.05) is 10.7 Å². The SMILES string of the molecule is CCC1(Cc2ccccc2)CC(=O)N1S(=O)(=O)Cl. The van der Waals surface area contributed by atoms with Crippen molar-refractivity contribution in [1.29, 1.82) is 0 Å². The summed E-state index contributed by atoms with van der Waals surface area (Å²) in [6.45, 7) is 1.87. The van der Waals surface area contributed by atoms with E-state index >= 15 is 0 Å². The van der Waals surface area contributed by atoms with Gasteiger partial charge in [0.25, 0.3) is 0 Å². The Kier molecular flexibility index (Phi) is 3.38. The zero-order chi connectivity index (χ0) is 13.4. The molecule has 1 aliphatic heterocycles. The Hall–Kier alpha value is -1.07. The van der Waals surface area contributed by atoms with Crippen LogP contribution in [0.15, 0.2) is 30.3 Å². The second-order valence-electron chi connectivity index (χ2n) is 4.52. The van der Waals surface area contributed by atoms with Crippen molar-refractivity contribution in [2.24, 2.45) is 0 Å². The molecule has 0 aromatic heterocycles. The molecule has 0 N–H and O–H groups in total. The topological polar surface area (TPSA) is 54.5 Å². The van der Waals surface area contributed by atoms with Crippen molar-refractivity contribution < 1.29 is 13.2 Å². The molecule has 0 spiro atoms. The maximum Gasteiger partial charge on any atom is 0.324 e. The Morgan fingerprint density at radius 1 is 1.33 bits per heavy atom. The first kappa shape index (κ1) is 13.4. The smallest absolute Gasteiger partial charge is 0.274 e. The summed E-state index contributed by atoms with van der Waals surface area (Å²) < 4.78 is 23.7. The quantitative estimate of drug-likeness (QED) is 0.629. The van der Waals surface area contributed by atoms with Gasteiger partial charge < -0.3 is 0 Å². The Morgan fingerprint density at radius 2 is 1.94 bits per heavy atom. The monoisotopic (exact) mass is 287 g/mol. The molecular weight excluding hydrogens is 274 g/mol. The summed E-state index contributed by atoms with van der Waals surface area (Å²) in [6, 6.07) is 9.50. The first-order valence-electron chi connectivity index (χ1n) is 5.71. The summed E-state index contributed by atoms with van der Waals surface area (Å²) >= 11 is 0. The van der Waals surface area contributed by atoms with Gasteiger partial charge in [0.05, 0.1) is 12.0 Å². The van der Waals surface area contributed by atoms with Gasteiger partial charge in [0.1, 0.15) is 0 Å². The minimum Gasteiger partial charge on any atom is -0.274 e. The molecule has 1 heterocycles. The fourth-order valence-electron chi connectivity index (χ4n) is 2.46. The standard InChI is InChI=1S/C12H14ClNO3S/c1-2-12(8-10-6-4-3-5-7-10)9-11(15)14(12)18(13,16)17/h3-7H,2,8-9H2,1H3. The van der Waals surface area contributed by atoms with Gasteiger partial charge in [-0.25, -0.2) is 4.31 Å². The van der Waals surface area contributed by atoms with Crippen molar-refractivity contribution in [3.63, 3.8) is 0 Å². The van der Waals surface area contributed by atoms with Gasteiger partial charge in [-0.15, -0.1) is 0 Å². The molecule has 0 radical (unpaired) electrons. The van der Waals surface area contributed by atoms with E-state index in [-0.39, 0.29) is 6.42 Å². The third-order valence-electron chi connectivity index (χ3n) is 3.39. The molecule has 1 aromatic rings. The van der Waals surface area contributed by atoms with Gasteiger partial charge in [-0.3, -0.25) is 4.79 Å². The number of hydrogen-bond donors (Lipinski definition) is 0. The van der Waals surface area contributed by atoms with Gasteiger partial charge in [0.15, 0.2) is 0 Å². The van der Waals surface area contributed by atoms with Crippen LogP contribution in [0.5, 0.6) is 0 Å². The van der Waals surface area contributed by atoms with E-state index in [9.17, 15) is 13.2 Å². The van der Waals surface area contributed by atoms with Crippen LogP contribution in [0, 0.1) is 0 Å². The third kappa shape index (κ3) is 2.24. The number of carbonyl (C=O) groups excluding carboxylic acids is 1. The van der Waals surface area contributed by atoms with Crippen LogP contribution in [0.1, 0.15) is 25.3 Å². The molecule has 1 fully saturated rings. The summed E-state index contributed by atoms with van der Waals surface area (Å²) in [7, 11) is 1.34. The number of halogens is 1. The van der Waals surface area contributed by atoms with E-state index in [1.807, 2.05) is 37.3 Å². The van der Waals surface area contributed by atoms with Crippen molar-refractivity contribution in [2.45, 2.75) is 31.7 Å². The van der Waals surface area contributed by atoms with Gasteiger partial charge in [-0.2, -0.15) is 8.42 Å². The molecule has 1 aromatic carbocycles. The fraction of sp³-hybridized carbons (Fsp3) is 0.417. The highest BCUT2D eigenvalue weighted by molar-refractivity contribution is 8.12. The Balaban J connectivity index is 2.31. The second-order valence-corrected chi connectivity index (χ2v) is 6.88. The van der Waals surface area contributed by atoms with E-state index in [2.05, 4.69) is 0 Å². The highest BCUT2D eigenvalue weighted by Gasteiger charge is 2.55. The maximum atomic E-state index is 11.5. The Bertz CT molecular complexity index is 558. The first-order chi connectivity index (χ1) is 8.39. The van der Waals surface area contributed by atoms with E-state index in [1.165, 1.54) is 0 Å². The number of β-lactam (4-membered cyclic amide) rings is 1. The second kappa shape index (κ2) is 4.55. The summed E-state index contributed by atoms with van der Waals surface area (Å²) in [6.07, 6.45) is 1.28. The average molecular weight is 288 g/mol. The number of amides is 1. The lowest BCUT2D eigenvalue weighted by Crippen LogP contribution is -2.65. The predicted octanol–water partition coefficient (Wildman–Crippen LogP) is 2.09. The average Bonchev–Trinajstić information content (AvgIpc) is 2.26. The number of rotatable bonds is 4. The minimum absolute atomic E-state index is 0.227. The first-order valence-corrected chi connectivity index (χ1v) is 7.97. The highest BCUT2D eigenvalue weighted by atomic mass is 35.7. The summed E-state index contributed by atoms with van der Waals surface area (Å²) in [5, 5.41) is 0. The van der Waals surface area contributed by atoms with Gasteiger partial charge in [0.2, 0.25) is 5.91 Å². The van der Waals surface area contributed by atoms with E-state index in [0.717, 1.165) is 9.87 Å². The molecule has 1 atom stereocenters. The van der Waals surface area contributed by atoms with Crippen molar-refractivity contribution in [3.05, 3.63) is 35.9 Å². The van der Waals surface area contributed by atoms with Crippen LogP contribution in [-0.4, -0.2) is 24.2 Å². The lowest BCUT2D eigenvalue weighted by molar-refractivity contribution is -0.145. The highest BCUT2D eigenvalue weighted by Crippen LogP contribution is 2.41. The van der Waals surface area contributed by atoms with Crippen molar-refractivity contribution >= 4 is 25.8 Å². The Labute approximate surface area is 111 Å². The molecule has 6 heteroatoms. The number of nitrogens with zero attached hydrogens (tertiary/aromatic N) is 1. The largest absolute Gasteiger partial charge is 0.324 e. The predicted molar refractivity (Wildman–Crippen MR) is 69.4 cm³/mol. The zero-order valence-corrected chi connectivity index (χ0v) is 11.5. The molecule has 98 valence electrons. The lowest BCUT2D eigenvalue weighted by atomic mass is 9.79. The molecule has 1 amide bonds. The third-order valence-corrected chi connectivity index (χ3v) is 4.83. The van der Waals surface area contributed by atoms with Crippen LogP contribution in [-0.2, 0) is 20.5 Å². The summed E-state index contributed by atoms with van der Waals surface area (Å²) in [5.41, 5.74) is 0.302. The van der Waals surface area contributed by atoms with Crippen LogP contribution in [0.25, 0.3) is 0 Å². The maximum absolute atomic E-state index is 11.5. The zero-order valence-electron chi connectivity index (χ0n) is 9.97. The normalized spacial score (nSPS) is 23.9.